The van der Waals surface area contributed by atoms with Crippen molar-refractivity contribution in [2.24, 2.45) is 0 Å². The molecule has 1 unspecified atom stereocenters. The molecular formula is C34H39N5O2. The Balaban J connectivity index is 1.39. The highest BCUT2D eigenvalue weighted by molar-refractivity contribution is 5.95. The second-order valence-corrected chi connectivity index (χ2v) is 11.0. The Labute approximate surface area is 243 Å². The highest BCUT2D eigenvalue weighted by Gasteiger charge is 2.22. The first-order chi connectivity index (χ1) is 20.0. The second-order valence-electron chi connectivity index (χ2n) is 11.0. The topological polar surface area (TPSA) is 71.5 Å². The van der Waals surface area contributed by atoms with Gasteiger partial charge < -0.3 is 14.5 Å². The van der Waals surface area contributed by atoms with E-state index < -0.39 is 0 Å². The molecule has 1 amide bonds. The van der Waals surface area contributed by atoms with Crippen LogP contribution in [0.15, 0.2) is 79.3 Å². The Morgan fingerprint density at radius 3 is 2.59 bits per heavy atom. The molecule has 3 heterocycles. The molecule has 7 nitrogen and oxygen atoms in total. The van der Waals surface area contributed by atoms with Gasteiger partial charge in [0.1, 0.15) is 12.4 Å². The van der Waals surface area contributed by atoms with Crippen molar-refractivity contribution in [3.05, 3.63) is 107 Å². The number of hydrogen-bond donors (Lipinski definition) is 0. The van der Waals surface area contributed by atoms with Crippen LogP contribution in [0.4, 0.5) is 0 Å². The van der Waals surface area contributed by atoms with Gasteiger partial charge in [0.25, 0.3) is 5.91 Å². The maximum Gasteiger partial charge on any atom is 0.257 e. The van der Waals surface area contributed by atoms with Gasteiger partial charge in [0.05, 0.1) is 17.8 Å². The lowest BCUT2D eigenvalue weighted by atomic mass is 9.91. The number of carbonyl (C=O) groups excluding carboxylic acids is 1. The number of nitrogens with zero attached hydrogens (tertiary/aromatic N) is 5. The summed E-state index contributed by atoms with van der Waals surface area (Å²) in [5.41, 5.74) is 5.76. The largest absolute Gasteiger partial charge is 0.491 e. The van der Waals surface area contributed by atoms with E-state index in [9.17, 15) is 4.79 Å². The minimum atomic E-state index is -0.0592. The Hall–Kier alpha value is -4.10. The van der Waals surface area contributed by atoms with Crippen LogP contribution < -0.4 is 4.74 Å². The first-order valence-corrected chi connectivity index (χ1v) is 14.5. The summed E-state index contributed by atoms with van der Waals surface area (Å²) in [6.45, 7) is 7.34. The average molecular weight is 550 g/mol. The summed E-state index contributed by atoms with van der Waals surface area (Å²) in [5, 5.41) is 0. The number of aryl methyl sites for hydroxylation is 2. The third-order valence-electron chi connectivity index (χ3n) is 7.80. The molecule has 212 valence electrons. The molecule has 0 fully saturated rings. The fourth-order valence-electron chi connectivity index (χ4n) is 5.51. The van der Waals surface area contributed by atoms with Crippen molar-refractivity contribution in [1.29, 1.82) is 0 Å². The molecule has 0 bridgehead atoms. The lowest BCUT2D eigenvalue weighted by Crippen LogP contribution is -2.36. The number of fused-ring (bicyclic) bond motifs is 1. The van der Waals surface area contributed by atoms with Gasteiger partial charge in [0, 0.05) is 42.8 Å². The highest BCUT2D eigenvalue weighted by Crippen LogP contribution is 2.28. The number of hydrogen-bond acceptors (Lipinski definition) is 6. The first-order valence-electron chi connectivity index (χ1n) is 14.5. The molecule has 1 aliphatic heterocycles. The monoisotopic (exact) mass is 549 g/mol. The van der Waals surface area contributed by atoms with Crippen LogP contribution in [0.25, 0.3) is 11.4 Å². The van der Waals surface area contributed by atoms with Gasteiger partial charge >= 0.3 is 0 Å². The van der Waals surface area contributed by atoms with Gasteiger partial charge in [-0.25, -0.2) is 9.97 Å². The molecule has 0 aliphatic carbocycles. The van der Waals surface area contributed by atoms with E-state index in [0.717, 1.165) is 43.7 Å². The maximum absolute atomic E-state index is 13.9. The molecular weight excluding hydrogens is 510 g/mol. The molecule has 1 atom stereocenters. The minimum Gasteiger partial charge on any atom is -0.491 e. The van der Waals surface area contributed by atoms with E-state index in [-0.39, 0.29) is 5.91 Å². The van der Waals surface area contributed by atoms with Crippen molar-refractivity contribution in [1.82, 2.24) is 24.8 Å². The van der Waals surface area contributed by atoms with Crippen LogP contribution in [0.3, 0.4) is 0 Å². The van der Waals surface area contributed by atoms with Crippen LogP contribution in [0.1, 0.15) is 57.9 Å². The molecule has 1 aliphatic rings. The standard InChI is InChI=1S/C34H39N5O2/c1-25-13-14-32-30(21-25)24-38(3)18-15-28(27-9-5-4-6-10-27)12-8-17-39(19-20-41-32)34(40)31-23-36-33(37-26(31)2)29-11-7-16-35-22-29/h4-7,9-11,13-14,16,21-23,28H,8,12,15,17-20,24H2,1-3H3. The Kier molecular flexibility index (Phi) is 9.36. The molecule has 0 radical (unpaired) electrons. The highest BCUT2D eigenvalue weighted by atomic mass is 16.5. The van der Waals surface area contributed by atoms with Gasteiger partial charge in [-0.1, -0.05) is 48.0 Å². The summed E-state index contributed by atoms with van der Waals surface area (Å²) >= 11 is 0. The van der Waals surface area contributed by atoms with E-state index in [4.69, 9.17) is 4.74 Å². The Bertz CT molecular complexity index is 1440. The summed E-state index contributed by atoms with van der Waals surface area (Å²) in [4.78, 5) is 31.5. The fourth-order valence-corrected chi connectivity index (χ4v) is 5.51. The fraction of sp³-hybridized carbons (Fsp3) is 0.353. The van der Waals surface area contributed by atoms with Gasteiger partial charge in [-0.15, -0.1) is 0 Å². The average Bonchev–Trinajstić information content (AvgIpc) is 2.99. The zero-order valence-corrected chi connectivity index (χ0v) is 24.3. The van der Waals surface area contributed by atoms with E-state index in [1.807, 2.05) is 24.0 Å². The molecule has 0 saturated heterocycles. The SMILES string of the molecule is Cc1ccc2c(c1)CN(C)CCC(c1ccccc1)CCCN(C(=O)c1cnc(-c3cccnc3)nc1C)CCO2. The minimum absolute atomic E-state index is 0.0592. The van der Waals surface area contributed by atoms with E-state index in [2.05, 4.69) is 82.4 Å². The smallest absolute Gasteiger partial charge is 0.257 e. The van der Waals surface area contributed by atoms with Crippen LogP contribution in [-0.2, 0) is 6.54 Å². The second kappa shape index (κ2) is 13.5. The number of aromatic nitrogens is 3. The van der Waals surface area contributed by atoms with Crippen LogP contribution in [0.2, 0.25) is 0 Å². The zero-order valence-electron chi connectivity index (χ0n) is 24.3. The maximum atomic E-state index is 13.9. The van der Waals surface area contributed by atoms with Crippen LogP contribution >= 0.6 is 0 Å². The number of pyridine rings is 1. The van der Waals surface area contributed by atoms with E-state index in [1.54, 1.807) is 18.6 Å². The normalized spacial score (nSPS) is 17.2. The zero-order chi connectivity index (χ0) is 28.6. The third kappa shape index (κ3) is 7.35. The number of carbonyl (C=O) groups is 1. The molecule has 5 rings (SSSR count). The van der Waals surface area contributed by atoms with Crippen LogP contribution in [0.5, 0.6) is 5.75 Å². The van der Waals surface area contributed by atoms with Gasteiger partial charge in [0.15, 0.2) is 5.82 Å². The van der Waals surface area contributed by atoms with Gasteiger partial charge in [-0.05, 0) is 76.4 Å². The van der Waals surface area contributed by atoms with Crippen molar-refractivity contribution in [3.8, 4) is 17.1 Å². The van der Waals surface area contributed by atoms with Crippen LogP contribution in [0, 0.1) is 13.8 Å². The Morgan fingerprint density at radius 2 is 1.80 bits per heavy atom. The summed E-state index contributed by atoms with van der Waals surface area (Å²) in [7, 11) is 2.18. The quantitative estimate of drug-likeness (QED) is 0.309. The number of amides is 1. The molecule has 41 heavy (non-hydrogen) atoms. The predicted octanol–water partition coefficient (Wildman–Crippen LogP) is 6.08. The summed E-state index contributed by atoms with van der Waals surface area (Å²) in [6, 6.07) is 20.9. The van der Waals surface area contributed by atoms with E-state index >= 15 is 0 Å². The Morgan fingerprint density at radius 1 is 0.951 bits per heavy atom. The lowest BCUT2D eigenvalue weighted by molar-refractivity contribution is 0.0723. The van der Waals surface area contributed by atoms with Gasteiger partial charge in [0.2, 0.25) is 0 Å². The molecule has 2 aromatic carbocycles. The van der Waals surface area contributed by atoms with Crippen molar-refractivity contribution in [3.63, 3.8) is 0 Å². The summed E-state index contributed by atoms with van der Waals surface area (Å²) in [6.07, 6.45) is 8.07. The van der Waals surface area contributed by atoms with Crippen molar-refractivity contribution in [2.75, 3.05) is 33.3 Å². The van der Waals surface area contributed by atoms with Crippen LogP contribution in [-0.4, -0.2) is 63.9 Å². The summed E-state index contributed by atoms with van der Waals surface area (Å²) in [5.74, 6) is 1.82. The molecule has 4 aromatic rings. The molecule has 0 spiro atoms. The predicted molar refractivity (Wildman–Crippen MR) is 162 cm³/mol. The van der Waals surface area contributed by atoms with E-state index in [1.165, 1.54) is 16.7 Å². The molecule has 0 N–H and O–H groups in total. The van der Waals surface area contributed by atoms with E-state index in [0.29, 0.717) is 42.7 Å². The molecule has 2 aromatic heterocycles. The van der Waals surface area contributed by atoms with Gasteiger partial charge in [-0.3, -0.25) is 9.78 Å². The number of rotatable bonds is 3. The number of ether oxygens (including phenoxy) is 1. The molecule has 7 heteroatoms. The van der Waals surface area contributed by atoms with Crippen molar-refractivity contribution < 1.29 is 9.53 Å². The number of benzene rings is 2. The third-order valence-corrected chi connectivity index (χ3v) is 7.80. The summed E-state index contributed by atoms with van der Waals surface area (Å²) < 4.78 is 6.29. The van der Waals surface area contributed by atoms with Crippen molar-refractivity contribution >= 4 is 5.91 Å². The first kappa shape index (κ1) is 28.4. The molecule has 0 saturated carbocycles. The van der Waals surface area contributed by atoms with Gasteiger partial charge in [-0.2, -0.15) is 0 Å². The van der Waals surface area contributed by atoms with Crippen molar-refractivity contribution in [2.45, 2.75) is 45.6 Å². The lowest BCUT2D eigenvalue weighted by Gasteiger charge is -2.27.